The molecular weight excluding hydrogens is 323 g/mol. The van der Waals surface area contributed by atoms with E-state index in [4.69, 9.17) is 23.2 Å². The Morgan fingerprint density at radius 2 is 1.91 bits per heavy atom. The summed E-state index contributed by atoms with van der Waals surface area (Å²) in [6.07, 6.45) is 0.548. The summed E-state index contributed by atoms with van der Waals surface area (Å²) >= 11 is 11.8. The highest BCUT2D eigenvalue weighted by molar-refractivity contribution is 6.36. The van der Waals surface area contributed by atoms with Gasteiger partial charge in [0.05, 0.1) is 16.3 Å². The van der Waals surface area contributed by atoms with E-state index in [-0.39, 0.29) is 16.3 Å². The van der Waals surface area contributed by atoms with Gasteiger partial charge in [-0.05, 0) is 36.8 Å². The predicted octanol–water partition coefficient (Wildman–Crippen LogP) is 4.24. The van der Waals surface area contributed by atoms with E-state index in [0.29, 0.717) is 22.7 Å². The summed E-state index contributed by atoms with van der Waals surface area (Å²) < 4.78 is 0. The molecule has 114 valence electrons. The molecule has 0 atom stereocenters. The first-order chi connectivity index (χ1) is 10.5. The Morgan fingerprint density at radius 1 is 1.18 bits per heavy atom. The Morgan fingerprint density at radius 3 is 2.55 bits per heavy atom. The largest absolute Gasteiger partial charge is 0.507 e. The smallest absolute Gasteiger partial charge is 0.272 e. The summed E-state index contributed by atoms with van der Waals surface area (Å²) in [5.41, 5.74) is 3.87. The molecule has 2 aromatic carbocycles. The van der Waals surface area contributed by atoms with Crippen molar-refractivity contribution in [2.45, 2.75) is 13.3 Å². The van der Waals surface area contributed by atoms with Gasteiger partial charge >= 0.3 is 0 Å². The molecule has 0 spiro atoms. The lowest BCUT2D eigenvalue weighted by Gasteiger charge is -2.08. The number of hydrogen-bond donors (Lipinski definition) is 2. The summed E-state index contributed by atoms with van der Waals surface area (Å²) in [6.45, 7) is 1.88. The number of rotatable bonds is 4. The van der Waals surface area contributed by atoms with Crippen LogP contribution in [0.2, 0.25) is 10.0 Å². The van der Waals surface area contributed by atoms with Gasteiger partial charge in [-0.2, -0.15) is 5.10 Å². The molecule has 0 saturated heterocycles. The van der Waals surface area contributed by atoms with Gasteiger partial charge in [0.15, 0.2) is 0 Å². The first-order valence-electron chi connectivity index (χ1n) is 6.63. The van der Waals surface area contributed by atoms with Crippen LogP contribution in [-0.2, 0) is 0 Å². The highest BCUT2D eigenvalue weighted by Crippen LogP contribution is 2.21. The fraction of sp³-hybridized carbons (Fsp3) is 0.125. The molecule has 22 heavy (non-hydrogen) atoms. The molecule has 0 fully saturated rings. The van der Waals surface area contributed by atoms with Gasteiger partial charge in [-0.3, -0.25) is 4.79 Å². The third-order valence-electron chi connectivity index (χ3n) is 3.02. The van der Waals surface area contributed by atoms with Crippen LogP contribution in [0, 0.1) is 0 Å². The zero-order valence-electron chi connectivity index (χ0n) is 11.8. The molecule has 0 aliphatic carbocycles. The van der Waals surface area contributed by atoms with Gasteiger partial charge in [0.2, 0.25) is 0 Å². The summed E-state index contributed by atoms with van der Waals surface area (Å²) in [5, 5.41) is 14.6. The van der Waals surface area contributed by atoms with Crippen molar-refractivity contribution in [2.24, 2.45) is 5.10 Å². The minimum absolute atomic E-state index is 0.113. The molecule has 2 rings (SSSR count). The van der Waals surface area contributed by atoms with Crippen molar-refractivity contribution in [1.29, 1.82) is 0 Å². The van der Waals surface area contributed by atoms with Gasteiger partial charge in [-0.1, -0.05) is 42.3 Å². The number of carbonyl (C=O) groups excluding carboxylic acids is 1. The summed E-state index contributed by atoms with van der Waals surface area (Å²) in [5.74, 6) is -0.329. The van der Waals surface area contributed by atoms with E-state index in [1.807, 2.05) is 6.92 Å². The van der Waals surface area contributed by atoms with Crippen LogP contribution in [0.25, 0.3) is 0 Å². The molecule has 6 heteroatoms. The van der Waals surface area contributed by atoms with Crippen LogP contribution in [0.4, 0.5) is 0 Å². The SMILES string of the molecule is CC/C(=N\NC(=O)c1ccc(Cl)cc1Cl)c1ccccc1O. The number of hydrogen-bond acceptors (Lipinski definition) is 3. The lowest BCUT2D eigenvalue weighted by Crippen LogP contribution is -2.20. The maximum atomic E-state index is 12.1. The number of phenolic OH excluding ortho intramolecular Hbond substituents is 1. The first kappa shape index (κ1) is 16.3. The minimum Gasteiger partial charge on any atom is -0.507 e. The van der Waals surface area contributed by atoms with E-state index in [1.54, 1.807) is 30.3 Å². The van der Waals surface area contributed by atoms with Crippen molar-refractivity contribution in [1.82, 2.24) is 5.43 Å². The van der Waals surface area contributed by atoms with Crippen molar-refractivity contribution in [3.05, 3.63) is 63.6 Å². The summed E-state index contributed by atoms with van der Waals surface area (Å²) in [7, 11) is 0. The third kappa shape index (κ3) is 3.78. The number of aromatic hydroxyl groups is 1. The molecule has 0 radical (unpaired) electrons. The second kappa shape index (κ2) is 7.29. The van der Waals surface area contributed by atoms with Crippen molar-refractivity contribution in [2.75, 3.05) is 0 Å². The number of amides is 1. The number of halogens is 2. The van der Waals surface area contributed by atoms with E-state index in [1.165, 1.54) is 12.1 Å². The van der Waals surface area contributed by atoms with Crippen LogP contribution >= 0.6 is 23.2 Å². The highest BCUT2D eigenvalue weighted by atomic mass is 35.5. The first-order valence-corrected chi connectivity index (χ1v) is 7.38. The quantitative estimate of drug-likeness (QED) is 0.647. The van der Waals surface area contributed by atoms with Crippen LogP contribution in [0.3, 0.4) is 0 Å². The molecule has 2 N–H and O–H groups in total. The number of carbonyl (C=O) groups is 1. The molecule has 0 aromatic heterocycles. The Hall–Kier alpha value is -2.04. The molecule has 0 aliphatic heterocycles. The molecule has 2 aromatic rings. The Balaban J connectivity index is 2.22. The zero-order chi connectivity index (χ0) is 16.1. The van der Waals surface area contributed by atoms with E-state index in [2.05, 4.69) is 10.5 Å². The van der Waals surface area contributed by atoms with Gasteiger partial charge in [-0.15, -0.1) is 0 Å². The van der Waals surface area contributed by atoms with Gasteiger partial charge < -0.3 is 5.11 Å². The fourth-order valence-corrected chi connectivity index (χ4v) is 2.39. The van der Waals surface area contributed by atoms with Crippen LogP contribution in [0.1, 0.15) is 29.3 Å². The van der Waals surface area contributed by atoms with Crippen molar-refractivity contribution in [3.63, 3.8) is 0 Å². The van der Waals surface area contributed by atoms with E-state index in [0.717, 1.165) is 0 Å². The van der Waals surface area contributed by atoms with Gasteiger partial charge in [0.25, 0.3) is 5.91 Å². The lowest BCUT2D eigenvalue weighted by atomic mass is 10.1. The molecule has 0 aliphatic rings. The highest BCUT2D eigenvalue weighted by Gasteiger charge is 2.11. The monoisotopic (exact) mass is 336 g/mol. The molecule has 4 nitrogen and oxygen atoms in total. The molecule has 0 heterocycles. The normalized spacial score (nSPS) is 11.3. The average molecular weight is 337 g/mol. The summed E-state index contributed by atoms with van der Waals surface area (Å²) in [4.78, 5) is 12.1. The number of phenols is 1. The van der Waals surface area contributed by atoms with Crippen LogP contribution in [0.15, 0.2) is 47.6 Å². The van der Waals surface area contributed by atoms with Crippen molar-refractivity contribution in [3.8, 4) is 5.75 Å². The van der Waals surface area contributed by atoms with E-state index >= 15 is 0 Å². The Bertz CT molecular complexity index is 730. The van der Waals surface area contributed by atoms with Gasteiger partial charge in [0.1, 0.15) is 5.75 Å². The summed E-state index contributed by atoms with van der Waals surface area (Å²) in [6, 6.07) is 11.4. The number of para-hydroxylation sites is 1. The van der Waals surface area contributed by atoms with E-state index in [9.17, 15) is 9.90 Å². The van der Waals surface area contributed by atoms with Crippen LogP contribution in [0.5, 0.6) is 5.75 Å². The maximum absolute atomic E-state index is 12.1. The van der Waals surface area contributed by atoms with E-state index < -0.39 is 5.91 Å². The average Bonchev–Trinajstić information content (AvgIpc) is 2.49. The van der Waals surface area contributed by atoms with Crippen molar-refractivity contribution >= 4 is 34.8 Å². The second-order valence-corrected chi connectivity index (χ2v) is 5.34. The number of benzene rings is 2. The molecule has 0 saturated carbocycles. The predicted molar refractivity (Wildman–Crippen MR) is 88.9 cm³/mol. The lowest BCUT2D eigenvalue weighted by molar-refractivity contribution is 0.0955. The molecule has 1 amide bonds. The zero-order valence-corrected chi connectivity index (χ0v) is 13.3. The molecular formula is C16H14Cl2N2O2. The molecule has 0 bridgehead atoms. The Kier molecular flexibility index (Phi) is 5.41. The van der Waals surface area contributed by atoms with Crippen molar-refractivity contribution < 1.29 is 9.90 Å². The number of hydrazone groups is 1. The number of nitrogens with zero attached hydrogens (tertiary/aromatic N) is 1. The second-order valence-electron chi connectivity index (χ2n) is 4.49. The fourth-order valence-electron chi connectivity index (χ4n) is 1.90. The third-order valence-corrected chi connectivity index (χ3v) is 3.57. The Labute approximate surface area is 138 Å². The van der Waals surface area contributed by atoms with Crippen LogP contribution < -0.4 is 5.43 Å². The topological polar surface area (TPSA) is 61.7 Å². The number of nitrogens with one attached hydrogen (secondary N) is 1. The van der Waals surface area contributed by atoms with Gasteiger partial charge in [-0.25, -0.2) is 5.43 Å². The van der Waals surface area contributed by atoms with Crippen LogP contribution in [-0.4, -0.2) is 16.7 Å². The maximum Gasteiger partial charge on any atom is 0.272 e. The van der Waals surface area contributed by atoms with Gasteiger partial charge in [0, 0.05) is 10.6 Å². The molecule has 0 unspecified atom stereocenters. The standard InChI is InChI=1S/C16H14Cl2N2O2/c1-2-14(12-5-3-4-6-15(12)21)19-20-16(22)11-8-7-10(17)9-13(11)18/h3-9,21H,2H2,1H3,(H,20,22)/b19-14+. The minimum atomic E-state index is -0.442.